The smallest absolute Gasteiger partial charge is 0.254 e. The van der Waals surface area contributed by atoms with Crippen molar-refractivity contribution in [2.45, 2.75) is 32.4 Å². The van der Waals surface area contributed by atoms with Crippen LogP contribution in [0.5, 0.6) is 0 Å². The number of aliphatic hydroxyl groups excluding tert-OH is 1. The molecule has 2 heterocycles. The first-order chi connectivity index (χ1) is 15.6. The minimum absolute atomic E-state index is 0.0101. The monoisotopic (exact) mass is 432 g/mol. The van der Waals surface area contributed by atoms with E-state index in [9.17, 15) is 9.90 Å². The molecule has 0 aliphatic carbocycles. The molecule has 0 saturated carbocycles. The Hall–Kier alpha value is -2.96. The molecular weight excluding hydrogens is 400 g/mol. The van der Waals surface area contributed by atoms with Gasteiger partial charge in [-0.05, 0) is 48.6 Å². The lowest BCUT2D eigenvalue weighted by Gasteiger charge is -2.34. The minimum atomic E-state index is -0.567. The van der Waals surface area contributed by atoms with Crippen molar-refractivity contribution in [3.05, 3.63) is 76.5 Å². The summed E-state index contributed by atoms with van der Waals surface area (Å²) >= 11 is 0. The number of benzene rings is 2. The number of aliphatic hydroxyl groups is 1. The predicted octanol–water partition coefficient (Wildman–Crippen LogP) is 3.12. The Morgan fingerprint density at radius 2 is 1.91 bits per heavy atom. The molecule has 32 heavy (non-hydrogen) atoms. The fraction of sp³-hybridized carbons (Fsp3) is 0.385. The van der Waals surface area contributed by atoms with Crippen LogP contribution < -0.4 is 5.32 Å². The highest BCUT2D eigenvalue weighted by molar-refractivity contribution is 5.98. The van der Waals surface area contributed by atoms with Crippen LogP contribution in [0.2, 0.25) is 0 Å². The van der Waals surface area contributed by atoms with Gasteiger partial charge in [0.05, 0.1) is 11.8 Å². The lowest BCUT2D eigenvalue weighted by molar-refractivity contribution is 0.0493. The average Bonchev–Trinajstić information content (AvgIpc) is 2.81. The van der Waals surface area contributed by atoms with Crippen LogP contribution in [0.15, 0.2) is 59.2 Å². The summed E-state index contributed by atoms with van der Waals surface area (Å²) in [5.74, 6) is -0.0101. The van der Waals surface area contributed by atoms with Crippen LogP contribution in [0.4, 0.5) is 5.69 Å². The molecule has 1 amide bonds. The number of amides is 1. The number of nitrogens with zero attached hydrogens (tertiary/aromatic N) is 3. The van der Waals surface area contributed by atoms with Gasteiger partial charge in [-0.3, -0.25) is 14.7 Å². The first kappa shape index (κ1) is 22.2. The van der Waals surface area contributed by atoms with Crippen molar-refractivity contribution < 1.29 is 9.90 Å². The van der Waals surface area contributed by atoms with Crippen molar-refractivity contribution in [3.63, 3.8) is 0 Å². The van der Waals surface area contributed by atoms with E-state index in [0.717, 1.165) is 42.9 Å². The predicted molar refractivity (Wildman–Crippen MR) is 129 cm³/mol. The Morgan fingerprint density at radius 3 is 2.69 bits per heavy atom. The van der Waals surface area contributed by atoms with Gasteiger partial charge < -0.3 is 15.3 Å². The molecule has 0 spiro atoms. The Morgan fingerprint density at radius 1 is 1.12 bits per heavy atom. The zero-order chi connectivity index (χ0) is 22.5. The second-order valence-electron chi connectivity index (χ2n) is 8.54. The summed E-state index contributed by atoms with van der Waals surface area (Å²) in [5, 5.41) is 14.1. The standard InChI is InChI=1S/C26H32N4O2/c1-3-22(15-27-2)28-23-9-8-20-11-13-30(26(32)25(20)14-23)18-24(31)17-29-12-10-19-6-4-5-7-21(19)16-29/h3-9,14-15,24,28,31H,10-13,16-18H2,1-2H3/b22-3+,27-15-. The first-order valence-electron chi connectivity index (χ1n) is 11.3. The van der Waals surface area contributed by atoms with Crippen molar-refractivity contribution in [3.8, 4) is 0 Å². The molecule has 0 radical (unpaired) electrons. The third-order valence-electron chi connectivity index (χ3n) is 6.26. The minimum Gasteiger partial charge on any atom is -0.390 e. The SMILES string of the molecule is C/C=C(\C=N/C)Nc1ccc2c(c1)C(=O)N(CC(O)CN1CCc3ccccc3C1)CC2. The summed E-state index contributed by atoms with van der Waals surface area (Å²) in [5.41, 5.74) is 6.25. The highest BCUT2D eigenvalue weighted by atomic mass is 16.3. The molecule has 6 nitrogen and oxygen atoms in total. The number of anilines is 1. The average molecular weight is 433 g/mol. The van der Waals surface area contributed by atoms with Crippen LogP contribution in [0, 0.1) is 0 Å². The van der Waals surface area contributed by atoms with Gasteiger partial charge >= 0.3 is 0 Å². The highest BCUT2D eigenvalue weighted by Crippen LogP contribution is 2.24. The van der Waals surface area contributed by atoms with Gasteiger partial charge in [0.1, 0.15) is 0 Å². The van der Waals surface area contributed by atoms with E-state index in [-0.39, 0.29) is 5.91 Å². The molecule has 4 rings (SSSR count). The van der Waals surface area contributed by atoms with Crippen molar-refractivity contribution in [1.29, 1.82) is 0 Å². The fourth-order valence-corrected chi connectivity index (χ4v) is 4.58. The molecule has 2 aliphatic rings. The maximum Gasteiger partial charge on any atom is 0.254 e. The summed E-state index contributed by atoms with van der Waals surface area (Å²) in [6, 6.07) is 14.4. The molecule has 6 heteroatoms. The molecular formula is C26H32N4O2. The van der Waals surface area contributed by atoms with Gasteiger partial charge in [-0.25, -0.2) is 0 Å². The van der Waals surface area contributed by atoms with E-state index >= 15 is 0 Å². The van der Waals surface area contributed by atoms with Gasteiger partial charge in [0.15, 0.2) is 0 Å². The molecule has 2 aromatic rings. The third kappa shape index (κ3) is 5.09. The topological polar surface area (TPSA) is 68.2 Å². The molecule has 0 aromatic heterocycles. The summed E-state index contributed by atoms with van der Waals surface area (Å²) < 4.78 is 0. The summed E-state index contributed by atoms with van der Waals surface area (Å²) in [6.07, 6.45) is 4.94. The van der Waals surface area contributed by atoms with E-state index in [1.54, 1.807) is 18.2 Å². The van der Waals surface area contributed by atoms with E-state index in [1.807, 2.05) is 31.2 Å². The fourth-order valence-electron chi connectivity index (χ4n) is 4.58. The number of rotatable bonds is 7. The second kappa shape index (κ2) is 10.1. The number of nitrogens with one attached hydrogen (secondary N) is 1. The molecule has 0 saturated heterocycles. The van der Waals surface area contributed by atoms with E-state index in [0.29, 0.717) is 25.2 Å². The molecule has 2 N–H and O–H groups in total. The molecule has 0 bridgehead atoms. The Kier molecular flexibility index (Phi) is 7.02. The molecule has 168 valence electrons. The van der Waals surface area contributed by atoms with E-state index in [1.165, 1.54) is 11.1 Å². The quantitative estimate of drug-likeness (QED) is 0.660. The van der Waals surface area contributed by atoms with Crippen molar-refractivity contribution >= 4 is 17.8 Å². The Balaban J connectivity index is 1.38. The number of hydrogen-bond acceptors (Lipinski definition) is 5. The number of fused-ring (bicyclic) bond motifs is 2. The number of aliphatic imine (C=N–C) groups is 1. The lowest BCUT2D eigenvalue weighted by atomic mass is 9.97. The maximum atomic E-state index is 13.2. The first-order valence-corrected chi connectivity index (χ1v) is 11.3. The van der Waals surface area contributed by atoms with Crippen molar-refractivity contribution in [1.82, 2.24) is 9.80 Å². The largest absolute Gasteiger partial charge is 0.390 e. The van der Waals surface area contributed by atoms with Crippen LogP contribution in [0.1, 0.15) is 34.0 Å². The third-order valence-corrected chi connectivity index (χ3v) is 6.26. The van der Waals surface area contributed by atoms with Gasteiger partial charge in [-0.2, -0.15) is 0 Å². The normalized spacial score (nSPS) is 17.9. The Bertz CT molecular complexity index is 1030. The van der Waals surface area contributed by atoms with E-state index in [2.05, 4.69) is 39.5 Å². The van der Waals surface area contributed by atoms with Gasteiger partial charge in [0.2, 0.25) is 0 Å². The van der Waals surface area contributed by atoms with Gasteiger partial charge in [0.25, 0.3) is 5.91 Å². The van der Waals surface area contributed by atoms with Crippen LogP contribution in [0.3, 0.4) is 0 Å². The summed E-state index contributed by atoms with van der Waals surface area (Å²) in [4.78, 5) is 21.3. The van der Waals surface area contributed by atoms with Gasteiger partial charge in [-0.15, -0.1) is 0 Å². The number of hydrogen-bond donors (Lipinski definition) is 2. The number of allylic oxidation sites excluding steroid dienone is 2. The van der Waals surface area contributed by atoms with E-state index in [4.69, 9.17) is 0 Å². The summed E-state index contributed by atoms with van der Waals surface area (Å²) in [6.45, 7) is 5.31. The lowest BCUT2D eigenvalue weighted by Crippen LogP contribution is -2.46. The number of β-amino-alcohol motifs (C(OH)–C–C–N with tert-alkyl or cyclic N) is 1. The molecule has 1 unspecified atom stereocenters. The maximum absolute atomic E-state index is 13.2. The van der Waals surface area contributed by atoms with Gasteiger partial charge in [0, 0.05) is 57.2 Å². The Labute approximate surface area is 190 Å². The number of carbonyl (C=O) groups is 1. The molecule has 1 atom stereocenters. The van der Waals surface area contributed by atoms with Crippen LogP contribution in [-0.2, 0) is 19.4 Å². The zero-order valence-corrected chi connectivity index (χ0v) is 18.9. The van der Waals surface area contributed by atoms with Crippen molar-refractivity contribution in [2.75, 3.05) is 38.5 Å². The zero-order valence-electron chi connectivity index (χ0n) is 18.9. The van der Waals surface area contributed by atoms with E-state index < -0.39 is 6.10 Å². The number of carbonyl (C=O) groups excluding carboxylic acids is 1. The van der Waals surface area contributed by atoms with Crippen molar-refractivity contribution in [2.24, 2.45) is 4.99 Å². The van der Waals surface area contributed by atoms with Crippen LogP contribution in [0.25, 0.3) is 0 Å². The molecule has 2 aromatic carbocycles. The highest BCUT2D eigenvalue weighted by Gasteiger charge is 2.27. The van der Waals surface area contributed by atoms with Crippen LogP contribution >= 0.6 is 0 Å². The molecule has 2 aliphatic heterocycles. The second-order valence-corrected chi connectivity index (χ2v) is 8.54. The van der Waals surface area contributed by atoms with Crippen LogP contribution in [-0.4, -0.2) is 66.4 Å². The molecule has 0 fully saturated rings. The van der Waals surface area contributed by atoms with Gasteiger partial charge in [-0.1, -0.05) is 36.4 Å². The summed E-state index contributed by atoms with van der Waals surface area (Å²) in [7, 11) is 1.73.